The Morgan fingerprint density at radius 1 is 1.35 bits per heavy atom. The monoisotopic (exact) mass is 233 g/mol. The Labute approximate surface area is 101 Å². The normalized spacial score (nSPS) is 11.1. The first-order valence-electron chi connectivity index (χ1n) is 5.83. The zero-order valence-corrected chi connectivity index (χ0v) is 10.6. The van der Waals surface area contributed by atoms with E-state index in [0.29, 0.717) is 6.54 Å². The third kappa shape index (κ3) is 2.24. The van der Waals surface area contributed by atoms with E-state index in [1.54, 1.807) is 0 Å². The van der Waals surface area contributed by atoms with Crippen molar-refractivity contribution in [1.82, 2.24) is 19.6 Å². The van der Waals surface area contributed by atoms with Crippen molar-refractivity contribution in [2.75, 3.05) is 0 Å². The summed E-state index contributed by atoms with van der Waals surface area (Å²) in [5.41, 5.74) is 10.3. The lowest BCUT2D eigenvalue weighted by atomic mass is 10.2. The van der Waals surface area contributed by atoms with Crippen molar-refractivity contribution in [2.24, 2.45) is 12.8 Å². The highest BCUT2D eigenvalue weighted by Crippen LogP contribution is 2.12. The first kappa shape index (κ1) is 11.9. The molecule has 2 rings (SSSR count). The fraction of sp³-hybridized carbons (Fsp3) is 0.500. The molecule has 2 aromatic heterocycles. The summed E-state index contributed by atoms with van der Waals surface area (Å²) in [6.07, 6.45) is 2.75. The summed E-state index contributed by atoms with van der Waals surface area (Å²) in [4.78, 5) is 0. The summed E-state index contributed by atoms with van der Waals surface area (Å²) < 4.78 is 3.93. The molecule has 0 atom stereocenters. The van der Waals surface area contributed by atoms with Gasteiger partial charge in [-0.25, -0.2) is 0 Å². The summed E-state index contributed by atoms with van der Waals surface area (Å²) in [5.74, 6) is 0. The maximum atomic E-state index is 5.71. The molecule has 0 aliphatic rings. The lowest BCUT2D eigenvalue weighted by Crippen LogP contribution is -2.08. The minimum Gasteiger partial charge on any atom is -0.326 e. The van der Waals surface area contributed by atoms with Crippen molar-refractivity contribution in [2.45, 2.75) is 33.4 Å². The van der Waals surface area contributed by atoms with Gasteiger partial charge in [-0.3, -0.25) is 9.36 Å². The Morgan fingerprint density at radius 3 is 2.65 bits per heavy atom. The number of nitrogens with zero attached hydrogens (tertiary/aromatic N) is 4. The molecule has 92 valence electrons. The lowest BCUT2D eigenvalue weighted by molar-refractivity contribution is 0.570. The zero-order valence-electron chi connectivity index (χ0n) is 10.6. The maximum Gasteiger partial charge on any atom is 0.0641 e. The van der Waals surface area contributed by atoms with Gasteiger partial charge in [-0.05, 0) is 19.9 Å². The van der Waals surface area contributed by atoms with Crippen LogP contribution >= 0.6 is 0 Å². The van der Waals surface area contributed by atoms with E-state index in [4.69, 9.17) is 5.73 Å². The summed E-state index contributed by atoms with van der Waals surface area (Å²) in [5, 5.41) is 8.67. The Hall–Kier alpha value is -1.62. The number of aryl methyl sites for hydroxylation is 4. The van der Waals surface area contributed by atoms with Crippen LogP contribution in [0.3, 0.4) is 0 Å². The third-order valence-corrected chi connectivity index (χ3v) is 3.24. The van der Waals surface area contributed by atoms with Crippen LogP contribution in [0.15, 0.2) is 12.3 Å². The molecule has 0 amide bonds. The molecule has 0 aliphatic heterocycles. The van der Waals surface area contributed by atoms with E-state index in [9.17, 15) is 0 Å². The average Bonchev–Trinajstić information content (AvgIpc) is 2.81. The van der Waals surface area contributed by atoms with Gasteiger partial charge >= 0.3 is 0 Å². The fourth-order valence-corrected chi connectivity index (χ4v) is 2.11. The predicted molar refractivity (Wildman–Crippen MR) is 66.5 cm³/mol. The van der Waals surface area contributed by atoms with E-state index in [1.165, 1.54) is 11.4 Å². The molecule has 17 heavy (non-hydrogen) atoms. The highest BCUT2D eigenvalue weighted by molar-refractivity contribution is 5.24. The maximum absolute atomic E-state index is 5.71. The molecule has 2 aromatic rings. The zero-order chi connectivity index (χ0) is 12.4. The summed E-state index contributed by atoms with van der Waals surface area (Å²) in [6.45, 7) is 5.51. The van der Waals surface area contributed by atoms with Crippen molar-refractivity contribution in [1.29, 1.82) is 0 Å². The molecule has 0 bridgehead atoms. The van der Waals surface area contributed by atoms with Crippen LogP contribution in [0.25, 0.3) is 0 Å². The first-order chi connectivity index (χ1) is 8.13. The van der Waals surface area contributed by atoms with E-state index >= 15 is 0 Å². The molecule has 0 unspecified atom stereocenters. The molecule has 5 nitrogen and oxygen atoms in total. The molecular formula is C12H19N5. The van der Waals surface area contributed by atoms with Gasteiger partial charge in [0.05, 0.1) is 5.69 Å². The van der Waals surface area contributed by atoms with Gasteiger partial charge in [0.25, 0.3) is 0 Å². The predicted octanol–water partition coefficient (Wildman–Crippen LogP) is 0.935. The minimum absolute atomic E-state index is 0.559. The van der Waals surface area contributed by atoms with Gasteiger partial charge in [0.1, 0.15) is 0 Å². The average molecular weight is 233 g/mol. The van der Waals surface area contributed by atoms with Crippen LogP contribution in [0.2, 0.25) is 0 Å². The molecule has 0 spiro atoms. The number of hydrogen-bond acceptors (Lipinski definition) is 3. The van der Waals surface area contributed by atoms with Crippen LogP contribution in [-0.2, 0) is 26.6 Å². The number of aromatic nitrogens is 4. The molecule has 0 aliphatic carbocycles. The van der Waals surface area contributed by atoms with Crippen LogP contribution in [0.5, 0.6) is 0 Å². The minimum atomic E-state index is 0.559. The van der Waals surface area contributed by atoms with Crippen LogP contribution in [0.4, 0.5) is 0 Å². The van der Waals surface area contributed by atoms with Crippen molar-refractivity contribution in [3.05, 3.63) is 34.9 Å². The van der Waals surface area contributed by atoms with Gasteiger partial charge in [0.15, 0.2) is 0 Å². The number of hydrogen-bond donors (Lipinski definition) is 1. The van der Waals surface area contributed by atoms with Crippen LogP contribution in [0.1, 0.15) is 22.6 Å². The van der Waals surface area contributed by atoms with Crippen molar-refractivity contribution in [3.63, 3.8) is 0 Å². The standard InChI is InChI=1S/C12H19N5/c1-9-12(8-13)10(2)17(15-9)7-5-11-4-6-14-16(11)3/h4,6H,5,7-8,13H2,1-3H3. The smallest absolute Gasteiger partial charge is 0.0641 e. The highest BCUT2D eigenvalue weighted by Gasteiger charge is 2.10. The van der Waals surface area contributed by atoms with Crippen LogP contribution < -0.4 is 5.73 Å². The highest BCUT2D eigenvalue weighted by atomic mass is 15.3. The van der Waals surface area contributed by atoms with Gasteiger partial charge in [0.2, 0.25) is 0 Å². The molecule has 2 N–H and O–H groups in total. The molecule has 0 radical (unpaired) electrons. The molecule has 0 saturated heterocycles. The number of nitrogens with two attached hydrogens (primary N) is 1. The van der Waals surface area contributed by atoms with E-state index < -0.39 is 0 Å². The number of rotatable bonds is 4. The van der Waals surface area contributed by atoms with E-state index in [1.807, 2.05) is 35.6 Å². The SMILES string of the molecule is Cc1nn(CCc2ccnn2C)c(C)c1CN. The van der Waals surface area contributed by atoms with Gasteiger partial charge < -0.3 is 5.73 Å². The molecule has 5 heteroatoms. The van der Waals surface area contributed by atoms with Crippen molar-refractivity contribution < 1.29 is 0 Å². The second kappa shape index (κ2) is 4.71. The van der Waals surface area contributed by atoms with Crippen molar-refractivity contribution >= 4 is 0 Å². The van der Waals surface area contributed by atoms with Gasteiger partial charge in [-0.1, -0.05) is 0 Å². The molecule has 0 saturated carbocycles. The Morgan fingerprint density at radius 2 is 2.12 bits per heavy atom. The summed E-state index contributed by atoms with van der Waals surface area (Å²) in [6, 6.07) is 2.04. The van der Waals surface area contributed by atoms with Gasteiger partial charge in [0, 0.05) is 49.7 Å². The molecule has 2 heterocycles. The van der Waals surface area contributed by atoms with Crippen molar-refractivity contribution in [3.8, 4) is 0 Å². The molecule has 0 aromatic carbocycles. The quantitative estimate of drug-likeness (QED) is 0.854. The second-order valence-corrected chi connectivity index (χ2v) is 4.27. The summed E-state index contributed by atoms with van der Waals surface area (Å²) in [7, 11) is 1.96. The topological polar surface area (TPSA) is 61.7 Å². The molecular weight excluding hydrogens is 214 g/mol. The van der Waals surface area contributed by atoms with E-state index in [-0.39, 0.29) is 0 Å². The first-order valence-corrected chi connectivity index (χ1v) is 5.83. The Bertz CT molecular complexity index is 509. The van der Waals surface area contributed by atoms with E-state index in [2.05, 4.69) is 17.1 Å². The molecule has 0 fully saturated rings. The fourth-order valence-electron chi connectivity index (χ4n) is 2.11. The Balaban J connectivity index is 2.12. The largest absolute Gasteiger partial charge is 0.326 e. The second-order valence-electron chi connectivity index (χ2n) is 4.27. The van der Waals surface area contributed by atoms with Gasteiger partial charge in [-0.15, -0.1) is 0 Å². The Kier molecular flexibility index (Phi) is 3.28. The van der Waals surface area contributed by atoms with Gasteiger partial charge in [-0.2, -0.15) is 10.2 Å². The van der Waals surface area contributed by atoms with E-state index in [0.717, 1.165) is 24.2 Å². The lowest BCUT2D eigenvalue weighted by Gasteiger charge is -2.05. The van der Waals surface area contributed by atoms with Crippen LogP contribution in [-0.4, -0.2) is 19.6 Å². The van der Waals surface area contributed by atoms with Crippen LogP contribution in [0, 0.1) is 13.8 Å². The third-order valence-electron chi connectivity index (χ3n) is 3.24. The summed E-state index contributed by atoms with van der Waals surface area (Å²) >= 11 is 0.